The van der Waals surface area contributed by atoms with Gasteiger partial charge in [-0.05, 0) is 19.4 Å². The number of carboxylic acids is 1. The molecule has 1 aromatic rings. The summed E-state index contributed by atoms with van der Waals surface area (Å²) in [4.78, 5) is 10.1. The Morgan fingerprint density at radius 2 is 1.95 bits per heavy atom. The van der Waals surface area contributed by atoms with Gasteiger partial charge in [-0.3, -0.25) is 0 Å². The van der Waals surface area contributed by atoms with Gasteiger partial charge in [-0.2, -0.15) is 0 Å². The Hall–Kier alpha value is -1.58. The molecule has 0 radical (unpaired) electrons. The number of hydrogen-bond donors (Lipinski definition) is 2. The van der Waals surface area contributed by atoms with Gasteiger partial charge in [0, 0.05) is 11.6 Å². The number of nitrogens with two attached hydrogens (primary N) is 1. The van der Waals surface area contributed by atoms with Gasteiger partial charge >= 0.3 is 5.97 Å². The lowest BCUT2D eigenvalue weighted by Crippen LogP contribution is -2.13. The number of alkyl halides is 1. The number of carbonyl (C=O) groups is 1. The minimum absolute atomic E-state index is 0.0544. The van der Waals surface area contributed by atoms with Crippen molar-refractivity contribution in [2.45, 2.75) is 25.3 Å². The first kappa shape index (κ1) is 17.4. The van der Waals surface area contributed by atoms with E-state index in [4.69, 9.17) is 22.4 Å². The van der Waals surface area contributed by atoms with Crippen LogP contribution in [0.3, 0.4) is 0 Å². The third-order valence-corrected chi connectivity index (χ3v) is 2.61. The van der Waals surface area contributed by atoms with Gasteiger partial charge in [-0.1, -0.05) is 42.5 Å². The summed E-state index contributed by atoms with van der Waals surface area (Å²) in [7, 11) is 0. The number of allylic oxidation sites excluding steroid dienone is 1. The maximum Gasteiger partial charge on any atom is 0.331 e. The molecule has 4 heteroatoms. The Bertz CT molecular complexity index is 427. The molecule has 0 aromatic heterocycles. The fraction of sp³-hybridized carbons (Fsp3) is 0.267. The van der Waals surface area contributed by atoms with Crippen molar-refractivity contribution in [1.82, 2.24) is 0 Å². The zero-order valence-corrected chi connectivity index (χ0v) is 12.0. The summed E-state index contributed by atoms with van der Waals surface area (Å²) in [6.45, 7) is 6.85. The predicted octanol–water partition coefficient (Wildman–Crippen LogP) is 3.52. The fourth-order valence-corrected chi connectivity index (χ4v) is 1.38. The first-order chi connectivity index (χ1) is 8.88. The third-order valence-electron chi connectivity index (χ3n) is 2.18. The highest BCUT2D eigenvalue weighted by atomic mass is 35.5. The molecule has 0 aliphatic rings. The van der Waals surface area contributed by atoms with Crippen molar-refractivity contribution < 1.29 is 9.90 Å². The van der Waals surface area contributed by atoms with Gasteiger partial charge in [-0.15, -0.1) is 18.2 Å². The Morgan fingerprint density at radius 1 is 1.42 bits per heavy atom. The first-order valence-corrected chi connectivity index (χ1v) is 6.31. The van der Waals surface area contributed by atoms with Crippen molar-refractivity contribution in [2.24, 2.45) is 5.73 Å². The molecule has 2 atom stereocenters. The van der Waals surface area contributed by atoms with Gasteiger partial charge in [0.2, 0.25) is 0 Å². The van der Waals surface area contributed by atoms with Crippen LogP contribution in [-0.2, 0) is 4.79 Å². The van der Waals surface area contributed by atoms with Crippen LogP contribution >= 0.6 is 11.6 Å². The standard InChI is InChI=1S/C9H9Cl.C6H11NO2/c1-2-9(10)8-6-4-3-5-7-8;1-4(6(8)9)3-5(2)7/h2-7,9H,1H2;3,5H,7H2,1-2H3,(H,8,9). The van der Waals surface area contributed by atoms with Gasteiger partial charge in [-0.25, -0.2) is 4.79 Å². The molecule has 0 spiro atoms. The van der Waals surface area contributed by atoms with Crippen molar-refractivity contribution >= 4 is 17.6 Å². The fourth-order valence-electron chi connectivity index (χ4n) is 1.24. The quantitative estimate of drug-likeness (QED) is 0.504. The van der Waals surface area contributed by atoms with Crippen LogP contribution in [0.5, 0.6) is 0 Å². The molecule has 104 valence electrons. The zero-order valence-electron chi connectivity index (χ0n) is 11.2. The first-order valence-electron chi connectivity index (χ1n) is 5.87. The molecule has 3 N–H and O–H groups in total. The van der Waals surface area contributed by atoms with E-state index in [0.29, 0.717) is 5.57 Å². The average molecular weight is 282 g/mol. The van der Waals surface area contributed by atoms with Gasteiger partial charge in [0.25, 0.3) is 0 Å². The smallest absolute Gasteiger partial charge is 0.331 e. The van der Waals surface area contributed by atoms with Crippen LogP contribution in [0, 0.1) is 0 Å². The Kier molecular flexibility index (Phi) is 8.58. The summed E-state index contributed by atoms with van der Waals surface area (Å²) >= 11 is 5.87. The molecule has 0 heterocycles. The van der Waals surface area contributed by atoms with E-state index in [-0.39, 0.29) is 11.4 Å². The highest BCUT2D eigenvalue weighted by Gasteiger charge is 1.99. The molecule has 1 aromatic carbocycles. The molecule has 2 unspecified atom stereocenters. The molecule has 0 saturated heterocycles. The molecule has 19 heavy (non-hydrogen) atoms. The van der Waals surface area contributed by atoms with Gasteiger partial charge in [0.1, 0.15) is 0 Å². The molecule has 3 nitrogen and oxygen atoms in total. The summed E-state index contributed by atoms with van der Waals surface area (Å²) in [5, 5.41) is 8.25. The summed E-state index contributed by atoms with van der Waals surface area (Å²) in [5.41, 5.74) is 6.68. The lowest BCUT2D eigenvalue weighted by molar-refractivity contribution is -0.132. The maximum absolute atomic E-state index is 10.1. The molecular weight excluding hydrogens is 262 g/mol. The van der Waals surface area contributed by atoms with E-state index in [0.717, 1.165) is 5.56 Å². The van der Waals surface area contributed by atoms with Crippen molar-refractivity contribution in [3.63, 3.8) is 0 Å². The van der Waals surface area contributed by atoms with E-state index in [1.807, 2.05) is 30.3 Å². The van der Waals surface area contributed by atoms with E-state index >= 15 is 0 Å². The van der Waals surface area contributed by atoms with E-state index in [9.17, 15) is 4.79 Å². The summed E-state index contributed by atoms with van der Waals surface area (Å²) in [6.07, 6.45) is 3.22. The number of rotatable bonds is 4. The third kappa shape index (κ3) is 8.19. The van der Waals surface area contributed by atoms with Crippen LogP contribution in [-0.4, -0.2) is 17.1 Å². The Labute approximate surface area is 119 Å². The molecule has 0 aliphatic heterocycles. The second-order valence-electron chi connectivity index (χ2n) is 4.06. The summed E-state index contributed by atoms with van der Waals surface area (Å²) in [5.74, 6) is -0.910. The number of benzene rings is 1. The van der Waals surface area contributed by atoms with E-state index in [1.54, 1.807) is 13.0 Å². The highest BCUT2D eigenvalue weighted by Crippen LogP contribution is 2.19. The number of carboxylic acid groups (broad SMARTS) is 1. The van der Waals surface area contributed by atoms with Crippen LogP contribution in [0.15, 0.2) is 54.6 Å². The molecule has 0 fully saturated rings. The molecule has 0 aliphatic carbocycles. The molecular formula is C15H20ClNO2. The van der Waals surface area contributed by atoms with Crippen molar-refractivity contribution in [3.8, 4) is 0 Å². The van der Waals surface area contributed by atoms with Gasteiger partial charge < -0.3 is 10.8 Å². The minimum atomic E-state index is -0.910. The van der Waals surface area contributed by atoms with Crippen LogP contribution in [0.25, 0.3) is 0 Å². The van der Waals surface area contributed by atoms with E-state index < -0.39 is 5.97 Å². The van der Waals surface area contributed by atoms with E-state index in [1.165, 1.54) is 13.0 Å². The largest absolute Gasteiger partial charge is 0.478 e. The molecule has 1 rings (SSSR count). The monoisotopic (exact) mass is 281 g/mol. The predicted molar refractivity (Wildman–Crippen MR) is 80.3 cm³/mol. The average Bonchev–Trinajstić information content (AvgIpc) is 2.38. The van der Waals surface area contributed by atoms with Crippen molar-refractivity contribution in [2.75, 3.05) is 0 Å². The number of aliphatic carboxylic acids is 1. The second kappa shape index (κ2) is 9.36. The zero-order chi connectivity index (χ0) is 14.8. The summed E-state index contributed by atoms with van der Waals surface area (Å²) in [6, 6.07) is 9.69. The molecule has 0 saturated carbocycles. The summed E-state index contributed by atoms with van der Waals surface area (Å²) < 4.78 is 0. The second-order valence-corrected chi connectivity index (χ2v) is 4.53. The highest BCUT2D eigenvalue weighted by molar-refractivity contribution is 6.21. The number of hydrogen-bond acceptors (Lipinski definition) is 2. The van der Waals surface area contributed by atoms with E-state index in [2.05, 4.69) is 6.58 Å². The number of halogens is 1. The minimum Gasteiger partial charge on any atom is -0.478 e. The lowest BCUT2D eigenvalue weighted by Gasteiger charge is -2.01. The SMILES string of the molecule is C=CC(Cl)c1ccccc1.CC(=CC(C)N)C(=O)O. The molecule has 0 amide bonds. The van der Waals surface area contributed by atoms with Crippen molar-refractivity contribution in [3.05, 3.63) is 60.2 Å². The Morgan fingerprint density at radius 3 is 2.26 bits per heavy atom. The van der Waals surface area contributed by atoms with Crippen LogP contribution in [0.4, 0.5) is 0 Å². The van der Waals surface area contributed by atoms with Crippen LogP contribution < -0.4 is 5.73 Å². The van der Waals surface area contributed by atoms with Gasteiger partial charge in [0.15, 0.2) is 0 Å². The van der Waals surface area contributed by atoms with Crippen LogP contribution in [0.1, 0.15) is 24.8 Å². The van der Waals surface area contributed by atoms with Crippen LogP contribution in [0.2, 0.25) is 0 Å². The topological polar surface area (TPSA) is 63.3 Å². The molecule has 0 bridgehead atoms. The van der Waals surface area contributed by atoms with Gasteiger partial charge in [0.05, 0.1) is 5.38 Å². The Balaban J connectivity index is 0.000000344. The lowest BCUT2D eigenvalue weighted by atomic mass is 10.1. The van der Waals surface area contributed by atoms with Crippen molar-refractivity contribution in [1.29, 1.82) is 0 Å². The normalized spacial score (nSPS) is 13.8. The maximum atomic E-state index is 10.1.